The smallest absolute Gasteiger partial charge is 0.157 e. The molecule has 4 rings (SSSR count). The van der Waals surface area contributed by atoms with Crippen molar-refractivity contribution in [1.29, 1.82) is 0 Å². The fraction of sp³-hybridized carbons (Fsp3) is 0.286. The monoisotopic (exact) mass is 446 g/mol. The van der Waals surface area contributed by atoms with Crippen LogP contribution in [0.4, 0.5) is 0 Å². The lowest BCUT2D eigenvalue weighted by Gasteiger charge is -2.13. The lowest BCUT2D eigenvalue weighted by molar-refractivity contribution is 0.186. The van der Waals surface area contributed by atoms with Crippen LogP contribution in [0.15, 0.2) is 72.8 Å². The molecule has 0 amide bonds. The minimum Gasteiger partial charge on any atom is -0.504 e. The molecule has 0 spiro atoms. The van der Waals surface area contributed by atoms with E-state index in [0.717, 1.165) is 25.8 Å². The first-order chi connectivity index (χ1) is 15.9. The Balaban J connectivity index is 0.000000218. The van der Waals surface area contributed by atoms with Crippen molar-refractivity contribution >= 4 is 5.57 Å². The molecule has 0 aromatic heterocycles. The van der Waals surface area contributed by atoms with E-state index in [9.17, 15) is 5.11 Å². The van der Waals surface area contributed by atoms with Crippen LogP contribution in [-0.4, -0.2) is 47.4 Å². The van der Waals surface area contributed by atoms with Crippen molar-refractivity contribution in [2.24, 2.45) is 5.73 Å². The van der Waals surface area contributed by atoms with Crippen molar-refractivity contribution in [3.05, 3.63) is 101 Å². The largest absolute Gasteiger partial charge is 0.504 e. The fourth-order valence-electron chi connectivity index (χ4n) is 3.99. The minimum atomic E-state index is -0.795. The van der Waals surface area contributed by atoms with Crippen molar-refractivity contribution in [3.8, 4) is 11.5 Å². The highest BCUT2D eigenvalue weighted by Gasteiger charge is 2.16. The van der Waals surface area contributed by atoms with Crippen LogP contribution in [0, 0.1) is 0 Å². The first kappa shape index (κ1) is 24.5. The Morgan fingerprint density at radius 3 is 1.97 bits per heavy atom. The summed E-state index contributed by atoms with van der Waals surface area (Å²) in [5.74, 6) is -0.456. The van der Waals surface area contributed by atoms with Gasteiger partial charge in [0.25, 0.3) is 0 Å². The molecule has 3 aromatic carbocycles. The van der Waals surface area contributed by atoms with Crippen molar-refractivity contribution in [3.63, 3.8) is 0 Å². The molecule has 1 aliphatic rings. The third-order valence-corrected chi connectivity index (χ3v) is 5.81. The standard InChI is InChI=1S/C20H23N.C8H11NO3/c1-21(2)15-7-12-20-18-10-5-3-8-16(18)13-14-17-9-4-6-11-19(17)20;9-4-8(12)5-1-2-6(10)7(11)3-5/h3-6,8-12H,7,13-15H2,1-2H3;1-3,8,10-12H,4,9H2/t;8-/m.0/s1. The Bertz CT molecular complexity index is 1040. The van der Waals surface area contributed by atoms with E-state index in [-0.39, 0.29) is 18.0 Å². The third kappa shape index (κ3) is 6.45. The molecule has 0 fully saturated rings. The molecule has 0 saturated heterocycles. The molecular formula is C28H34N2O3. The first-order valence-corrected chi connectivity index (χ1v) is 11.3. The van der Waals surface area contributed by atoms with Gasteiger partial charge in [-0.05, 0) is 78.9 Å². The second kappa shape index (κ2) is 11.7. The van der Waals surface area contributed by atoms with Gasteiger partial charge < -0.3 is 26.0 Å². The summed E-state index contributed by atoms with van der Waals surface area (Å²) in [6, 6.07) is 21.8. The number of hydrogen-bond donors (Lipinski definition) is 4. The van der Waals surface area contributed by atoms with Crippen LogP contribution in [-0.2, 0) is 12.8 Å². The first-order valence-electron chi connectivity index (χ1n) is 11.3. The number of aryl methyl sites for hydroxylation is 2. The average Bonchev–Trinajstić information content (AvgIpc) is 2.98. The van der Waals surface area contributed by atoms with Gasteiger partial charge in [0.05, 0.1) is 6.10 Å². The van der Waals surface area contributed by atoms with Gasteiger partial charge in [0.2, 0.25) is 0 Å². The van der Waals surface area contributed by atoms with Crippen LogP contribution in [0.1, 0.15) is 40.3 Å². The summed E-state index contributed by atoms with van der Waals surface area (Å²) in [5, 5.41) is 27.2. The number of fused-ring (bicyclic) bond motifs is 2. The minimum absolute atomic E-state index is 0.0875. The summed E-state index contributed by atoms with van der Waals surface area (Å²) >= 11 is 0. The van der Waals surface area contributed by atoms with E-state index in [4.69, 9.17) is 15.9 Å². The number of benzene rings is 3. The molecule has 0 unspecified atom stereocenters. The molecule has 1 atom stereocenters. The van der Waals surface area contributed by atoms with Gasteiger partial charge >= 0.3 is 0 Å². The van der Waals surface area contributed by atoms with Crippen LogP contribution in [0.5, 0.6) is 11.5 Å². The zero-order chi connectivity index (χ0) is 23.8. The van der Waals surface area contributed by atoms with Gasteiger partial charge in [-0.2, -0.15) is 0 Å². The number of rotatable bonds is 5. The maximum absolute atomic E-state index is 9.23. The molecule has 0 aliphatic heterocycles. The summed E-state index contributed by atoms with van der Waals surface area (Å²) in [4.78, 5) is 2.24. The van der Waals surface area contributed by atoms with Gasteiger partial charge in [0, 0.05) is 13.1 Å². The van der Waals surface area contributed by atoms with Crippen molar-refractivity contribution < 1.29 is 15.3 Å². The normalized spacial score (nSPS) is 13.3. The van der Waals surface area contributed by atoms with Crippen LogP contribution < -0.4 is 5.73 Å². The number of nitrogens with two attached hydrogens (primary N) is 1. The van der Waals surface area contributed by atoms with Crippen LogP contribution in [0.3, 0.4) is 0 Å². The van der Waals surface area contributed by atoms with Gasteiger partial charge in [-0.3, -0.25) is 0 Å². The van der Waals surface area contributed by atoms with E-state index in [2.05, 4.69) is 73.6 Å². The number of aliphatic hydroxyl groups is 1. The third-order valence-electron chi connectivity index (χ3n) is 5.81. The van der Waals surface area contributed by atoms with Gasteiger partial charge in [-0.1, -0.05) is 60.7 Å². The highest BCUT2D eigenvalue weighted by molar-refractivity contribution is 5.83. The summed E-state index contributed by atoms with van der Waals surface area (Å²) in [7, 11) is 4.26. The molecule has 0 saturated carbocycles. The zero-order valence-corrected chi connectivity index (χ0v) is 19.4. The van der Waals surface area contributed by atoms with E-state index in [1.807, 2.05) is 0 Å². The lowest BCUT2D eigenvalue weighted by atomic mass is 9.93. The number of phenols is 2. The maximum atomic E-state index is 9.23. The Morgan fingerprint density at radius 2 is 1.45 bits per heavy atom. The van der Waals surface area contributed by atoms with Gasteiger partial charge in [-0.15, -0.1) is 0 Å². The summed E-state index contributed by atoms with van der Waals surface area (Å²) < 4.78 is 0. The second-order valence-corrected chi connectivity index (χ2v) is 8.52. The number of aromatic hydroxyl groups is 2. The number of aliphatic hydroxyl groups excluding tert-OH is 1. The molecule has 5 N–H and O–H groups in total. The molecule has 0 radical (unpaired) electrons. The fourth-order valence-corrected chi connectivity index (χ4v) is 3.99. The molecule has 5 heteroatoms. The van der Waals surface area contributed by atoms with Crippen molar-refractivity contribution in [1.82, 2.24) is 4.90 Å². The number of hydrogen-bond acceptors (Lipinski definition) is 5. The molecular weight excluding hydrogens is 412 g/mol. The van der Waals surface area contributed by atoms with Crippen LogP contribution >= 0.6 is 0 Å². The Morgan fingerprint density at radius 1 is 0.879 bits per heavy atom. The molecule has 5 nitrogen and oxygen atoms in total. The number of phenolic OH excluding ortho intramolecular Hbond substituents is 2. The quantitative estimate of drug-likeness (QED) is 0.440. The predicted molar refractivity (Wildman–Crippen MR) is 134 cm³/mol. The molecule has 0 heterocycles. The molecule has 1 aliphatic carbocycles. The lowest BCUT2D eigenvalue weighted by Crippen LogP contribution is -2.12. The second-order valence-electron chi connectivity index (χ2n) is 8.52. The zero-order valence-electron chi connectivity index (χ0n) is 19.4. The van der Waals surface area contributed by atoms with E-state index in [0.29, 0.717) is 5.56 Å². The summed E-state index contributed by atoms with van der Waals surface area (Å²) in [6.07, 6.45) is 4.99. The van der Waals surface area contributed by atoms with E-state index >= 15 is 0 Å². The van der Waals surface area contributed by atoms with Gasteiger partial charge in [-0.25, -0.2) is 0 Å². The van der Waals surface area contributed by atoms with E-state index in [1.165, 1.54) is 46.0 Å². The molecule has 0 bridgehead atoms. The van der Waals surface area contributed by atoms with Crippen molar-refractivity contribution in [2.75, 3.05) is 27.2 Å². The highest BCUT2D eigenvalue weighted by Crippen LogP contribution is 2.33. The topological polar surface area (TPSA) is 90.0 Å². The Kier molecular flexibility index (Phi) is 8.66. The Labute approximate surface area is 196 Å². The van der Waals surface area contributed by atoms with Crippen LogP contribution in [0.2, 0.25) is 0 Å². The average molecular weight is 447 g/mol. The highest BCUT2D eigenvalue weighted by atomic mass is 16.3. The SMILES string of the molecule is CN(C)CCC=C1c2ccccc2CCc2ccccc21.NC[C@H](O)c1ccc(O)c(O)c1. The molecule has 174 valence electrons. The van der Waals surface area contributed by atoms with Gasteiger partial charge in [0.15, 0.2) is 11.5 Å². The predicted octanol–water partition coefficient (Wildman–Crippen LogP) is 4.26. The van der Waals surface area contributed by atoms with Crippen LogP contribution in [0.25, 0.3) is 5.57 Å². The summed E-state index contributed by atoms with van der Waals surface area (Å²) in [5.41, 5.74) is 12.9. The van der Waals surface area contributed by atoms with E-state index < -0.39 is 6.10 Å². The van der Waals surface area contributed by atoms with E-state index in [1.54, 1.807) is 0 Å². The summed E-state index contributed by atoms with van der Waals surface area (Å²) in [6.45, 7) is 1.18. The number of nitrogens with zero attached hydrogens (tertiary/aromatic N) is 1. The van der Waals surface area contributed by atoms with Crippen molar-refractivity contribution in [2.45, 2.75) is 25.4 Å². The van der Waals surface area contributed by atoms with Gasteiger partial charge in [0.1, 0.15) is 0 Å². The Hall–Kier alpha value is -3.12. The molecule has 3 aromatic rings. The molecule has 33 heavy (non-hydrogen) atoms. The maximum Gasteiger partial charge on any atom is 0.157 e.